The molecule has 0 radical (unpaired) electrons. The second kappa shape index (κ2) is 12.1. The Bertz CT molecular complexity index is 863. The predicted molar refractivity (Wildman–Crippen MR) is 128 cm³/mol. The minimum absolute atomic E-state index is 0.0599. The van der Waals surface area contributed by atoms with Crippen molar-refractivity contribution in [2.24, 2.45) is 0 Å². The van der Waals surface area contributed by atoms with E-state index in [0.29, 0.717) is 30.5 Å². The first kappa shape index (κ1) is 27.4. The molecule has 1 aromatic carbocycles. The number of phenols is 1. The lowest BCUT2D eigenvalue weighted by atomic mass is 9.99. The second-order valence-electron chi connectivity index (χ2n) is 9.77. The first-order valence-electron chi connectivity index (χ1n) is 12.0. The van der Waals surface area contributed by atoms with Crippen molar-refractivity contribution >= 4 is 17.9 Å². The molecule has 2 atom stereocenters. The number of aryl methyl sites for hydroxylation is 1. The smallest absolute Gasteiger partial charge is 0.408 e. The fraction of sp³-hybridized carbons (Fsp3) is 0.640. The van der Waals surface area contributed by atoms with Crippen LogP contribution in [0.25, 0.3) is 0 Å². The topological polar surface area (TPSA) is 128 Å². The zero-order valence-corrected chi connectivity index (χ0v) is 20.9. The zero-order valence-electron chi connectivity index (χ0n) is 20.9. The molecule has 3 amide bonds. The highest BCUT2D eigenvalue weighted by Gasteiger charge is 2.44. The van der Waals surface area contributed by atoms with Crippen LogP contribution in [0.4, 0.5) is 4.79 Å². The molecule has 0 aromatic heterocycles. The number of ether oxygens (including phenoxy) is 1. The first-order valence-corrected chi connectivity index (χ1v) is 12.0. The maximum atomic E-state index is 13.6. The molecule has 9 heteroatoms. The summed E-state index contributed by atoms with van der Waals surface area (Å²) in [6, 6.07) is 2.43. The number of carbonyl (C=O) groups is 3. The number of aromatic hydroxyl groups is 1. The summed E-state index contributed by atoms with van der Waals surface area (Å²) in [6.45, 7) is 8.65. The van der Waals surface area contributed by atoms with Crippen LogP contribution in [0.3, 0.4) is 0 Å². The maximum Gasteiger partial charge on any atom is 0.408 e. The lowest BCUT2D eigenvalue weighted by Gasteiger charge is -2.34. The fourth-order valence-electron chi connectivity index (χ4n) is 3.69. The van der Waals surface area contributed by atoms with E-state index in [1.54, 1.807) is 45.9 Å². The molecular weight excluding hydrogens is 438 g/mol. The molecule has 0 heterocycles. The number of hydrogen-bond acceptors (Lipinski definition) is 6. The molecule has 1 saturated carbocycles. The van der Waals surface area contributed by atoms with Gasteiger partial charge in [0.05, 0.1) is 6.61 Å². The van der Waals surface area contributed by atoms with Gasteiger partial charge < -0.3 is 30.5 Å². The van der Waals surface area contributed by atoms with Crippen molar-refractivity contribution in [3.63, 3.8) is 0 Å². The largest absolute Gasteiger partial charge is 0.507 e. The van der Waals surface area contributed by atoms with Crippen LogP contribution in [-0.4, -0.2) is 63.9 Å². The van der Waals surface area contributed by atoms with Crippen LogP contribution in [-0.2, 0) is 14.3 Å². The van der Waals surface area contributed by atoms with Crippen molar-refractivity contribution < 1.29 is 29.3 Å². The van der Waals surface area contributed by atoms with Crippen molar-refractivity contribution in [1.29, 1.82) is 0 Å². The molecule has 1 aromatic rings. The lowest BCUT2D eigenvalue weighted by Crippen LogP contribution is -2.55. The number of nitrogens with one attached hydrogen (secondary N) is 2. The maximum absolute atomic E-state index is 13.6. The van der Waals surface area contributed by atoms with Gasteiger partial charge in [-0.3, -0.25) is 9.59 Å². The number of phenolic OH excluding ortho intramolecular Hbond substituents is 1. The highest BCUT2D eigenvalue weighted by atomic mass is 16.6. The Morgan fingerprint density at radius 2 is 1.88 bits per heavy atom. The summed E-state index contributed by atoms with van der Waals surface area (Å²) in [7, 11) is 0. The van der Waals surface area contributed by atoms with Gasteiger partial charge in [-0.1, -0.05) is 38.0 Å². The summed E-state index contributed by atoms with van der Waals surface area (Å²) in [6.07, 6.45) is 3.28. The Balaban J connectivity index is 2.37. The summed E-state index contributed by atoms with van der Waals surface area (Å²) < 4.78 is 5.23. The number of unbranched alkanes of at least 4 members (excludes halogenated alkanes) is 2. The third-order valence-corrected chi connectivity index (χ3v) is 5.54. The molecule has 190 valence electrons. The van der Waals surface area contributed by atoms with Gasteiger partial charge in [0, 0.05) is 18.2 Å². The van der Waals surface area contributed by atoms with E-state index in [0.717, 1.165) is 19.3 Å². The van der Waals surface area contributed by atoms with Gasteiger partial charge in [-0.2, -0.15) is 0 Å². The van der Waals surface area contributed by atoms with E-state index >= 15 is 0 Å². The zero-order chi connectivity index (χ0) is 25.5. The standard InChI is InChI=1S/C25H39N3O6/c1-6-7-8-14-26-22(31)20(18-11-9-10-16(2)21(18)30)28(17-12-13-17)23(32)19(15-29)27-24(33)34-25(3,4)5/h9-11,17,19-20,29-30H,6-8,12-15H2,1-5H3,(H,26,31)(H,27,33). The molecule has 1 fully saturated rings. The van der Waals surface area contributed by atoms with Gasteiger partial charge in [-0.25, -0.2) is 4.79 Å². The third-order valence-electron chi connectivity index (χ3n) is 5.54. The summed E-state index contributed by atoms with van der Waals surface area (Å²) >= 11 is 0. The van der Waals surface area contributed by atoms with Crippen molar-refractivity contribution in [3.05, 3.63) is 29.3 Å². The van der Waals surface area contributed by atoms with Crippen LogP contribution in [0.5, 0.6) is 5.75 Å². The summed E-state index contributed by atoms with van der Waals surface area (Å²) in [4.78, 5) is 40.6. The molecule has 0 saturated heterocycles. The van der Waals surface area contributed by atoms with Crippen LogP contribution in [0.2, 0.25) is 0 Å². The second-order valence-corrected chi connectivity index (χ2v) is 9.77. The van der Waals surface area contributed by atoms with Gasteiger partial charge in [0.25, 0.3) is 0 Å². The van der Waals surface area contributed by atoms with Crippen molar-refractivity contribution in [2.45, 2.75) is 90.4 Å². The number of benzene rings is 1. The fourth-order valence-corrected chi connectivity index (χ4v) is 3.69. The van der Waals surface area contributed by atoms with E-state index < -0.39 is 42.2 Å². The van der Waals surface area contributed by atoms with Crippen molar-refractivity contribution in [1.82, 2.24) is 15.5 Å². The minimum atomic E-state index is -1.29. The molecule has 2 rings (SSSR count). The SMILES string of the molecule is CCCCCNC(=O)C(c1cccc(C)c1O)N(C(=O)C(CO)NC(=O)OC(C)(C)C)C1CC1. The minimum Gasteiger partial charge on any atom is -0.507 e. The highest BCUT2D eigenvalue weighted by Crippen LogP contribution is 2.39. The van der Waals surface area contributed by atoms with Crippen LogP contribution >= 0.6 is 0 Å². The molecule has 0 aliphatic heterocycles. The van der Waals surface area contributed by atoms with E-state index in [2.05, 4.69) is 17.6 Å². The van der Waals surface area contributed by atoms with Gasteiger partial charge in [-0.15, -0.1) is 0 Å². The van der Waals surface area contributed by atoms with E-state index in [1.165, 1.54) is 4.90 Å². The number of amides is 3. The predicted octanol–water partition coefficient (Wildman–Crippen LogP) is 2.92. The number of hydrogen-bond donors (Lipinski definition) is 4. The molecule has 34 heavy (non-hydrogen) atoms. The lowest BCUT2D eigenvalue weighted by molar-refractivity contribution is -0.144. The molecule has 4 N–H and O–H groups in total. The average molecular weight is 478 g/mol. The quantitative estimate of drug-likeness (QED) is 0.363. The Morgan fingerprint density at radius 3 is 2.44 bits per heavy atom. The van der Waals surface area contributed by atoms with E-state index in [4.69, 9.17) is 4.74 Å². The van der Waals surface area contributed by atoms with Crippen molar-refractivity contribution in [3.8, 4) is 5.75 Å². The highest BCUT2D eigenvalue weighted by molar-refractivity contribution is 5.93. The summed E-state index contributed by atoms with van der Waals surface area (Å²) in [5.41, 5.74) is 0.106. The van der Waals surface area contributed by atoms with Crippen molar-refractivity contribution in [2.75, 3.05) is 13.2 Å². The van der Waals surface area contributed by atoms with Gasteiger partial charge in [0.1, 0.15) is 23.4 Å². The first-order chi connectivity index (χ1) is 16.0. The average Bonchev–Trinajstić information content (AvgIpc) is 3.59. The summed E-state index contributed by atoms with van der Waals surface area (Å²) in [5, 5.41) is 26.0. The van der Waals surface area contributed by atoms with Crippen LogP contribution in [0.1, 0.15) is 77.0 Å². The van der Waals surface area contributed by atoms with E-state index in [1.807, 2.05) is 0 Å². The molecule has 2 unspecified atom stereocenters. The number of rotatable bonds is 11. The molecule has 1 aliphatic carbocycles. The van der Waals surface area contributed by atoms with Gasteiger partial charge >= 0.3 is 6.09 Å². The van der Waals surface area contributed by atoms with Crippen LogP contribution in [0, 0.1) is 6.92 Å². The normalized spacial score (nSPS) is 15.2. The molecule has 1 aliphatic rings. The number of para-hydroxylation sites is 1. The molecule has 9 nitrogen and oxygen atoms in total. The Hall–Kier alpha value is -2.81. The number of carbonyl (C=O) groups excluding carboxylic acids is 3. The van der Waals surface area contributed by atoms with Crippen LogP contribution < -0.4 is 10.6 Å². The van der Waals surface area contributed by atoms with E-state index in [9.17, 15) is 24.6 Å². The Morgan fingerprint density at radius 1 is 1.21 bits per heavy atom. The Labute approximate surface area is 201 Å². The number of aliphatic hydroxyl groups is 1. The number of alkyl carbamates (subject to hydrolysis) is 1. The van der Waals surface area contributed by atoms with Gasteiger partial charge in [0.15, 0.2) is 0 Å². The molecule has 0 spiro atoms. The monoisotopic (exact) mass is 477 g/mol. The van der Waals surface area contributed by atoms with Gasteiger partial charge in [0.2, 0.25) is 11.8 Å². The molecule has 0 bridgehead atoms. The van der Waals surface area contributed by atoms with Crippen LogP contribution in [0.15, 0.2) is 18.2 Å². The number of nitrogens with zero attached hydrogens (tertiary/aromatic N) is 1. The molecular formula is C25H39N3O6. The third kappa shape index (κ3) is 7.62. The Kier molecular flexibility index (Phi) is 9.73. The number of aliphatic hydroxyl groups excluding tert-OH is 1. The van der Waals surface area contributed by atoms with E-state index in [-0.39, 0.29) is 11.8 Å². The summed E-state index contributed by atoms with van der Waals surface area (Å²) in [5.74, 6) is -1.08. The van der Waals surface area contributed by atoms with Gasteiger partial charge in [-0.05, 0) is 52.5 Å².